The Labute approximate surface area is 171 Å². The van der Waals surface area contributed by atoms with Crippen LogP contribution in [0.15, 0.2) is 50.7 Å². The van der Waals surface area contributed by atoms with Crippen LogP contribution in [0, 0.1) is 0 Å². The molecule has 7 nitrogen and oxygen atoms in total. The molecule has 0 spiro atoms. The van der Waals surface area contributed by atoms with Crippen molar-refractivity contribution in [2.24, 2.45) is 0 Å². The van der Waals surface area contributed by atoms with Crippen LogP contribution in [0.2, 0.25) is 0 Å². The second-order valence-corrected chi connectivity index (χ2v) is 7.62. The molecular formula is C21H22N4O3S. The maximum atomic E-state index is 12.3. The van der Waals surface area contributed by atoms with Gasteiger partial charge in [-0.3, -0.25) is 14.4 Å². The average Bonchev–Trinajstić information content (AvgIpc) is 3.18. The van der Waals surface area contributed by atoms with Crippen molar-refractivity contribution in [3.05, 3.63) is 89.2 Å². The summed E-state index contributed by atoms with van der Waals surface area (Å²) in [6.07, 6.45) is 3.25. The fourth-order valence-electron chi connectivity index (χ4n) is 2.66. The molecule has 3 rings (SSSR count). The summed E-state index contributed by atoms with van der Waals surface area (Å²) in [5, 5.41) is 7.04. The van der Waals surface area contributed by atoms with Crippen molar-refractivity contribution in [2.75, 3.05) is 20.6 Å². The van der Waals surface area contributed by atoms with E-state index in [0.717, 1.165) is 16.7 Å². The Morgan fingerprint density at radius 2 is 1.62 bits per heavy atom. The van der Waals surface area contributed by atoms with Crippen LogP contribution in [0.3, 0.4) is 0 Å². The number of carbonyl (C=O) groups is 1. The number of thiophene rings is 1. The Hall–Kier alpha value is -3.23. The fraction of sp³-hybridized carbons (Fsp3) is 0.190. The van der Waals surface area contributed by atoms with Crippen molar-refractivity contribution in [1.82, 2.24) is 20.2 Å². The molecule has 0 aliphatic carbocycles. The molecule has 0 saturated carbocycles. The Balaban J connectivity index is 1.78. The van der Waals surface area contributed by atoms with Gasteiger partial charge < -0.3 is 20.2 Å². The molecule has 29 heavy (non-hydrogen) atoms. The number of aromatic amines is 2. The highest BCUT2D eigenvalue weighted by Gasteiger charge is 2.02. The molecule has 0 bridgehead atoms. The quantitative estimate of drug-likeness (QED) is 0.531. The lowest BCUT2D eigenvalue weighted by atomic mass is 10.1. The summed E-state index contributed by atoms with van der Waals surface area (Å²) in [6.45, 7) is 0.763. The summed E-state index contributed by atoms with van der Waals surface area (Å²) < 4.78 is 0. The first-order valence-corrected chi connectivity index (χ1v) is 9.93. The lowest BCUT2D eigenvalue weighted by molar-refractivity contribution is -0.121. The van der Waals surface area contributed by atoms with Gasteiger partial charge in [-0.15, -0.1) is 0 Å². The zero-order chi connectivity index (χ0) is 20.8. The summed E-state index contributed by atoms with van der Waals surface area (Å²) in [4.78, 5) is 43.4. The number of hydrogen-bond donors (Lipinski definition) is 3. The van der Waals surface area contributed by atoms with E-state index in [4.69, 9.17) is 0 Å². The van der Waals surface area contributed by atoms with Gasteiger partial charge in [-0.25, -0.2) is 0 Å². The minimum Gasteiger partial charge on any atom is -0.351 e. The van der Waals surface area contributed by atoms with Gasteiger partial charge in [-0.05, 0) is 59.8 Å². The van der Waals surface area contributed by atoms with Crippen molar-refractivity contribution in [1.29, 1.82) is 0 Å². The molecule has 150 valence electrons. The standard InChI is InChI=1S/C21H22N4O3S/c1-25(2)12-19(26)22-11-15-5-3-14(4-6-15)9-17-20(27)24-18(21(28)23-17)10-16-7-8-29-13-16/h3-10,13H,11-12H2,1-2H3,(H,22,26)(H,23,28)(H,24,27)/b17-9-,18-10-. The monoisotopic (exact) mass is 410 g/mol. The first-order chi connectivity index (χ1) is 13.9. The average molecular weight is 410 g/mol. The van der Waals surface area contributed by atoms with Crippen molar-refractivity contribution in [3.8, 4) is 0 Å². The molecule has 2 aromatic heterocycles. The van der Waals surface area contributed by atoms with Gasteiger partial charge in [-0.1, -0.05) is 24.3 Å². The maximum absolute atomic E-state index is 12.3. The van der Waals surface area contributed by atoms with Gasteiger partial charge in [0.05, 0.1) is 6.54 Å². The minimum atomic E-state index is -0.369. The molecular weight excluding hydrogens is 388 g/mol. The van der Waals surface area contributed by atoms with Crippen LogP contribution >= 0.6 is 11.3 Å². The maximum Gasteiger partial charge on any atom is 0.272 e. The van der Waals surface area contributed by atoms with Crippen molar-refractivity contribution >= 4 is 29.4 Å². The van der Waals surface area contributed by atoms with E-state index in [1.807, 2.05) is 55.2 Å². The Morgan fingerprint density at radius 1 is 1.00 bits per heavy atom. The van der Waals surface area contributed by atoms with Crippen LogP contribution in [0.1, 0.15) is 16.7 Å². The predicted molar refractivity (Wildman–Crippen MR) is 115 cm³/mol. The van der Waals surface area contributed by atoms with E-state index >= 15 is 0 Å². The smallest absolute Gasteiger partial charge is 0.272 e. The first-order valence-electron chi connectivity index (χ1n) is 8.99. The zero-order valence-corrected chi connectivity index (χ0v) is 17.0. The molecule has 0 radical (unpaired) electrons. The van der Waals surface area contributed by atoms with Crippen molar-refractivity contribution < 1.29 is 4.79 Å². The SMILES string of the molecule is CN(C)CC(=O)NCc1ccc(/C=c2\[nH]c(=O)/c(=C/c3ccsc3)[nH]c2=O)cc1. The van der Waals surface area contributed by atoms with Crippen molar-refractivity contribution in [2.45, 2.75) is 6.54 Å². The van der Waals surface area contributed by atoms with Gasteiger partial charge in [0.25, 0.3) is 11.1 Å². The number of nitrogens with one attached hydrogen (secondary N) is 3. The second-order valence-electron chi connectivity index (χ2n) is 6.84. The first kappa shape index (κ1) is 20.5. The van der Waals surface area contributed by atoms with E-state index in [9.17, 15) is 14.4 Å². The Bertz CT molecular complexity index is 1210. The number of nitrogens with zero attached hydrogens (tertiary/aromatic N) is 1. The molecule has 3 aromatic rings. The lowest BCUT2D eigenvalue weighted by Crippen LogP contribution is -2.46. The number of aromatic nitrogens is 2. The number of benzene rings is 1. The molecule has 0 saturated heterocycles. The van der Waals surface area contributed by atoms with Gasteiger partial charge >= 0.3 is 0 Å². The number of likely N-dealkylation sites (N-methyl/N-ethyl adjacent to an activating group) is 1. The van der Waals surface area contributed by atoms with Gasteiger partial charge in [0.1, 0.15) is 10.7 Å². The highest BCUT2D eigenvalue weighted by atomic mass is 32.1. The normalized spacial score (nSPS) is 12.5. The molecule has 0 atom stereocenters. The van der Waals surface area contributed by atoms with E-state index in [-0.39, 0.29) is 27.7 Å². The number of hydrogen-bond acceptors (Lipinski definition) is 5. The topological polar surface area (TPSA) is 98.1 Å². The third-order valence-electron chi connectivity index (χ3n) is 4.08. The fourth-order valence-corrected chi connectivity index (χ4v) is 3.28. The van der Waals surface area contributed by atoms with Crippen LogP contribution in [-0.4, -0.2) is 41.4 Å². The number of carbonyl (C=O) groups excluding carboxylic acids is 1. The van der Waals surface area contributed by atoms with E-state index in [1.54, 1.807) is 17.1 Å². The molecule has 0 fully saturated rings. The Morgan fingerprint density at radius 3 is 2.17 bits per heavy atom. The summed E-state index contributed by atoms with van der Waals surface area (Å²) in [5.41, 5.74) is 1.84. The molecule has 8 heteroatoms. The summed E-state index contributed by atoms with van der Waals surface area (Å²) >= 11 is 1.52. The third kappa shape index (κ3) is 5.87. The third-order valence-corrected chi connectivity index (χ3v) is 4.78. The van der Waals surface area contributed by atoms with Gasteiger partial charge in [0.15, 0.2) is 0 Å². The predicted octanol–water partition coefficient (Wildman–Crippen LogP) is -0.0399. The molecule has 0 aliphatic rings. The molecule has 0 aliphatic heterocycles. The number of H-pyrrole nitrogens is 2. The Kier molecular flexibility index (Phi) is 6.58. The van der Waals surface area contributed by atoms with Gasteiger partial charge in [-0.2, -0.15) is 11.3 Å². The number of amides is 1. The summed E-state index contributed by atoms with van der Waals surface area (Å²) in [6, 6.07) is 9.26. The van der Waals surface area contributed by atoms with Crippen LogP contribution in [-0.2, 0) is 11.3 Å². The summed E-state index contributed by atoms with van der Waals surface area (Å²) in [5.74, 6) is -0.0471. The molecule has 3 N–H and O–H groups in total. The molecule has 0 unspecified atom stereocenters. The molecule has 2 heterocycles. The molecule has 1 amide bonds. The van der Waals surface area contributed by atoms with E-state index in [2.05, 4.69) is 15.3 Å². The lowest BCUT2D eigenvalue weighted by Gasteiger charge is -2.10. The largest absolute Gasteiger partial charge is 0.351 e. The van der Waals surface area contributed by atoms with Crippen molar-refractivity contribution in [3.63, 3.8) is 0 Å². The van der Waals surface area contributed by atoms with Gasteiger partial charge in [0.2, 0.25) is 5.91 Å². The molecule has 1 aromatic carbocycles. The van der Waals surface area contributed by atoms with E-state index in [0.29, 0.717) is 13.1 Å². The van der Waals surface area contributed by atoms with Gasteiger partial charge in [0, 0.05) is 6.54 Å². The van der Waals surface area contributed by atoms with E-state index in [1.165, 1.54) is 11.3 Å². The van der Waals surface area contributed by atoms with Crippen LogP contribution in [0.25, 0.3) is 12.2 Å². The summed E-state index contributed by atoms with van der Waals surface area (Å²) in [7, 11) is 3.67. The minimum absolute atomic E-state index is 0.0471. The van der Waals surface area contributed by atoms with Crippen LogP contribution in [0.4, 0.5) is 0 Å². The highest BCUT2D eigenvalue weighted by molar-refractivity contribution is 7.08. The van der Waals surface area contributed by atoms with Crippen LogP contribution < -0.4 is 27.1 Å². The number of rotatable bonds is 6. The second kappa shape index (κ2) is 9.31. The van der Waals surface area contributed by atoms with E-state index < -0.39 is 0 Å². The zero-order valence-electron chi connectivity index (χ0n) is 16.2. The highest BCUT2D eigenvalue weighted by Crippen LogP contribution is 2.05. The van der Waals surface area contributed by atoms with Crippen LogP contribution in [0.5, 0.6) is 0 Å².